The molecule has 1 aliphatic heterocycles. The molecule has 2 aromatic heterocycles. The third kappa shape index (κ3) is 3.32. The summed E-state index contributed by atoms with van der Waals surface area (Å²) in [7, 11) is 2.04. The van der Waals surface area contributed by atoms with Crippen molar-refractivity contribution in [3.8, 4) is 6.07 Å². The van der Waals surface area contributed by atoms with Gasteiger partial charge < -0.3 is 5.32 Å². The molecular weight excluding hydrogens is 324 g/mol. The Balaban J connectivity index is 1.54. The van der Waals surface area contributed by atoms with Gasteiger partial charge in [-0.2, -0.15) is 10.4 Å². The van der Waals surface area contributed by atoms with Crippen LogP contribution in [0.4, 0.5) is 5.82 Å². The summed E-state index contributed by atoms with van der Waals surface area (Å²) in [6.07, 6.45) is 6.98. The molecule has 6 nitrogen and oxygen atoms in total. The van der Waals surface area contributed by atoms with E-state index < -0.39 is 0 Å². The van der Waals surface area contributed by atoms with Gasteiger partial charge >= 0.3 is 0 Å². The zero-order valence-corrected chi connectivity index (χ0v) is 15.5. The Morgan fingerprint density at radius 2 is 2.12 bits per heavy atom. The number of piperidine rings is 1. The first kappa shape index (κ1) is 17.0. The summed E-state index contributed by atoms with van der Waals surface area (Å²) in [6.45, 7) is 3.96. The van der Waals surface area contributed by atoms with Gasteiger partial charge in [0.15, 0.2) is 0 Å². The molecule has 6 heteroatoms. The van der Waals surface area contributed by atoms with Gasteiger partial charge in [0.1, 0.15) is 17.6 Å². The molecule has 2 aromatic rings. The maximum atomic E-state index is 9.20. The highest BCUT2D eigenvalue weighted by atomic mass is 15.3. The van der Waals surface area contributed by atoms with Crippen LogP contribution in [0.25, 0.3) is 0 Å². The lowest BCUT2D eigenvalue weighted by atomic mass is 9.86. The van der Waals surface area contributed by atoms with Gasteiger partial charge in [0.25, 0.3) is 0 Å². The Kier molecular flexibility index (Phi) is 4.64. The van der Waals surface area contributed by atoms with Gasteiger partial charge in [-0.05, 0) is 62.8 Å². The number of hydrogen-bond acceptors (Lipinski definition) is 5. The molecule has 136 valence electrons. The van der Waals surface area contributed by atoms with Gasteiger partial charge in [0.05, 0.1) is 11.7 Å². The lowest BCUT2D eigenvalue weighted by molar-refractivity contribution is 0.0841. The van der Waals surface area contributed by atoms with Crippen molar-refractivity contribution >= 4 is 5.82 Å². The summed E-state index contributed by atoms with van der Waals surface area (Å²) in [5.41, 5.74) is 2.72. The van der Waals surface area contributed by atoms with E-state index in [1.54, 1.807) is 0 Å². The standard InChI is InChI=1S/C20H26N6/c1-14-5-8-19(24-17(14)12-21)22-13-15-4-3-11-26(16-6-7-16)20(15)18-9-10-23-25(18)2/h5,8-10,15-16,20H,3-4,6-7,11,13H2,1-2H3,(H,22,24)/t15-,20+/m0/s1. The maximum Gasteiger partial charge on any atom is 0.145 e. The second-order valence-electron chi connectivity index (χ2n) is 7.55. The molecule has 3 heterocycles. The van der Waals surface area contributed by atoms with E-state index in [-0.39, 0.29) is 0 Å². The third-order valence-corrected chi connectivity index (χ3v) is 5.72. The zero-order chi connectivity index (χ0) is 18.1. The second-order valence-corrected chi connectivity index (χ2v) is 7.55. The Morgan fingerprint density at radius 3 is 2.81 bits per heavy atom. The molecule has 0 amide bonds. The zero-order valence-electron chi connectivity index (χ0n) is 15.5. The van der Waals surface area contributed by atoms with E-state index in [0.29, 0.717) is 17.7 Å². The molecule has 0 unspecified atom stereocenters. The van der Waals surface area contributed by atoms with Crippen LogP contribution in [0.3, 0.4) is 0 Å². The second kappa shape index (κ2) is 7.08. The lowest BCUT2D eigenvalue weighted by Gasteiger charge is -2.41. The fourth-order valence-corrected chi connectivity index (χ4v) is 4.20. The molecule has 2 atom stereocenters. The SMILES string of the molecule is Cc1ccc(NC[C@@H]2CCCN(C3CC3)[C@H]2c2ccnn2C)nc1C#N. The normalized spacial score (nSPS) is 23.6. The first-order valence-corrected chi connectivity index (χ1v) is 9.52. The molecule has 4 rings (SSSR count). The van der Waals surface area contributed by atoms with Crippen molar-refractivity contribution in [2.45, 2.75) is 44.7 Å². The number of likely N-dealkylation sites (tertiary alicyclic amines) is 1. The number of aromatic nitrogens is 3. The van der Waals surface area contributed by atoms with E-state index in [1.807, 2.05) is 37.0 Å². The minimum atomic E-state index is 0.400. The molecular formula is C20H26N6. The van der Waals surface area contributed by atoms with Crippen molar-refractivity contribution < 1.29 is 0 Å². The summed E-state index contributed by atoms with van der Waals surface area (Å²) < 4.78 is 2.02. The number of anilines is 1. The number of nitriles is 1. The minimum Gasteiger partial charge on any atom is -0.370 e. The highest BCUT2D eigenvalue weighted by molar-refractivity contribution is 5.42. The molecule has 1 saturated carbocycles. The fraction of sp³-hybridized carbons (Fsp3) is 0.550. The van der Waals surface area contributed by atoms with E-state index in [2.05, 4.69) is 32.4 Å². The van der Waals surface area contributed by atoms with Crippen LogP contribution in [0.5, 0.6) is 0 Å². The third-order valence-electron chi connectivity index (χ3n) is 5.72. The quantitative estimate of drug-likeness (QED) is 0.897. The highest BCUT2D eigenvalue weighted by Crippen LogP contribution is 2.42. The van der Waals surface area contributed by atoms with E-state index in [4.69, 9.17) is 0 Å². The molecule has 0 aromatic carbocycles. The summed E-state index contributed by atoms with van der Waals surface area (Å²) >= 11 is 0. The first-order valence-electron chi connectivity index (χ1n) is 9.52. The number of hydrogen-bond donors (Lipinski definition) is 1. The van der Waals surface area contributed by atoms with Crippen molar-refractivity contribution in [3.63, 3.8) is 0 Å². The monoisotopic (exact) mass is 350 g/mol. The predicted octanol–water partition coefficient (Wildman–Crippen LogP) is 3.02. The van der Waals surface area contributed by atoms with Gasteiger partial charge in [-0.15, -0.1) is 0 Å². The van der Waals surface area contributed by atoms with E-state index in [1.165, 1.54) is 37.9 Å². The summed E-state index contributed by atoms with van der Waals surface area (Å²) in [6, 6.07) is 9.40. The van der Waals surface area contributed by atoms with Gasteiger partial charge in [0.2, 0.25) is 0 Å². The highest BCUT2D eigenvalue weighted by Gasteiger charge is 2.41. The first-order chi connectivity index (χ1) is 12.7. The number of nitrogens with zero attached hydrogens (tertiary/aromatic N) is 5. The van der Waals surface area contributed by atoms with Crippen molar-refractivity contribution in [2.24, 2.45) is 13.0 Å². The average molecular weight is 350 g/mol. The number of rotatable bonds is 5. The number of pyridine rings is 1. The molecule has 1 saturated heterocycles. The summed E-state index contributed by atoms with van der Waals surface area (Å²) in [4.78, 5) is 7.13. The van der Waals surface area contributed by atoms with E-state index in [9.17, 15) is 5.26 Å². The van der Waals surface area contributed by atoms with Crippen molar-refractivity contribution in [1.82, 2.24) is 19.7 Å². The van der Waals surface area contributed by atoms with E-state index in [0.717, 1.165) is 24.0 Å². The molecule has 2 aliphatic rings. The molecule has 0 bridgehead atoms. The van der Waals surface area contributed by atoms with Crippen molar-refractivity contribution in [2.75, 3.05) is 18.4 Å². The molecule has 26 heavy (non-hydrogen) atoms. The number of nitrogens with one attached hydrogen (secondary N) is 1. The fourth-order valence-electron chi connectivity index (χ4n) is 4.20. The van der Waals surface area contributed by atoms with Gasteiger partial charge in [-0.3, -0.25) is 9.58 Å². The van der Waals surface area contributed by atoms with Gasteiger partial charge in [-0.25, -0.2) is 4.98 Å². The smallest absolute Gasteiger partial charge is 0.145 e. The Hall–Kier alpha value is -2.39. The van der Waals surface area contributed by atoms with Crippen molar-refractivity contribution in [3.05, 3.63) is 41.3 Å². The Bertz CT molecular complexity index is 816. The van der Waals surface area contributed by atoms with Crippen LogP contribution in [0, 0.1) is 24.2 Å². The Labute approximate surface area is 154 Å². The van der Waals surface area contributed by atoms with Crippen LogP contribution in [0.15, 0.2) is 24.4 Å². The van der Waals surface area contributed by atoms with Gasteiger partial charge in [0, 0.05) is 25.8 Å². The summed E-state index contributed by atoms with van der Waals surface area (Å²) in [5.74, 6) is 1.30. The van der Waals surface area contributed by atoms with Crippen LogP contribution >= 0.6 is 0 Å². The molecule has 1 N–H and O–H groups in total. The minimum absolute atomic E-state index is 0.400. The van der Waals surface area contributed by atoms with Crippen LogP contribution < -0.4 is 5.32 Å². The largest absolute Gasteiger partial charge is 0.370 e. The molecule has 2 fully saturated rings. The maximum absolute atomic E-state index is 9.20. The predicted molar refractivity (Wildman–Crippen MR) is 101 cm³/mol. The summed E-state index contributed by atoms with van der Waals surface area (Å²) in [5, 5.41) is 17.1. The van der Waals surface area contributed by atoms with Crippen LogP contribution in [0.2, 0.25) is 0 Å². The lowest BCUT2D eigenvalue weighted by Crippen LogP contribution is -2.43. The van der Waals surface area contributed by atoms with Crippen LogP contribution in [0.1, 0.15) is 48.7 Å². The van der Waals surface area contributed by atoms with Gasteiger partial charge in [-0.1, -0.05) is 6.07 Å². The molecule has 0 spiro atoms. The van der Waals surface area contributed by atoms with Crippen molar-refractivity contribution in [1.29, 1.82) is 5.26 Å². The van der Waals surface area contributed by atoms with E-state index >= 15 is 0 Å². The van der Waals surface area contributed by atoms with Crippen LogP contribution in [-0.4, -0.2) is 38.8 Å². The average Bonchev–Trinajstić information content (AvgIpc) is 3.42. The molecule has 1 aliphatic carbocycles. The Morgan fingerprint density at radius 1 is 1.27 bits per heavy atom. The number of aryl methyl sites for hydroxylation is 2. The van der Waals surface area contributed by atoms with Crippen LogP contribution in [-0.2, 0) is 7.05 Å². The molecule has 0 radical (unpaired) electrons. The topological polar surface area (TPSA) is 69.8 Å².